The minimum Gasteiger partial charge on any atom is -0.389 e. The number of amides is 1. The molecule has 19 heavy (non-hydrogen) atoms. The van der Waals surface area contributed by atoms with Crippen LogP contribution in [0.5, 0.6) is 0 Å². The molecule has 4 N–H and O–H groups in total. The summed E-state index contributed by atoms with van der Waals surface area (Å²) in [4.78, 5) is 17.7. The Kier molecular flexibility index (Phi) is 5.68. The van der Waals surface area contributed by atoms with Crippen molar-refractivity contribution >= 4 is 11.6 Å². The highest BCUT2D eigenvalue weighted by atomic mass is 16.5. The summed E-state index contributed by atoms with van der Waals surface area (Å²) in [6.07, 6.45) is 0.734. The summed E-state index contributed by atoms with van der Waals surface area (Å²) >= 11 is 0. The molecule has 0 aliphatic carbocycles. The first-order valence-corrected chi connectivity index (χ1v) is 5.85. The third-order valence-electron chi connectivity index (χ3n) is 2.62. The van der Waals surface area contributed by atoms with Crippen molar-refractivity contribution in [2.45, 2.75) is 13.0 Å². The van der Waals surface area contributed by atoms with Crippen LogP contribution in [-0.4, -0.2) is 54.3 Å². The van der Waals surface area contributed by atoms with Crippen LogP contribution in [0.25, 0.3) is 0 Å². The number of anilines is 1. The largest absolute Gasteiger partial charge is 0.389 e. The summed E-state index contributed by atoms with van der Waals surface area (Å²) in [7, 11) is 3.09. The average molecular weight is 268 g/mol. The number of aliphatic hydroxyl groups is 1. The van der Waals surface area contributed by atoms with Gasteiger partial charge in [0.15, 0.2) is 0 Å². The van der Waals surface area contributed by atoms with Crippen LogP contribution in [0.2, 0.25) is 0 Å². The third-order valence-corrected chi connectivity index (χ3v) is 2.62. The molecule has 1 atom stereocenters. The zero-order chi connectivity index (χ0) is 14.4. The van der Waals surface area contributed by atoms with Crippen LogP contribution in [0.3, 0.4) is 0 Å². The number of nitrogens with two attached hydrogens (primary N) is 1. The molecule has 1 rings (SSSR count). The van der Waals surface area contributed by atoms with Crippen molar-refractivity contribution in [2.24, 2.45) is 5.84 Å². The number of nitrogen functional groups attached to an aromatic ring is 1. The molecule has 1 amide bonds. The molecule has 0 aliphatic rings. The van der Waals surface area contributed by atoms with Crippen molar-refractivity contribution in [1.29, 1.82) is 0 Å². The molecule has 1 heterocycles. The van der Waals surface area contributed by atoms with E-state index in [9.17, 15) is 9.90 Å². The third kappa shape index (κ3) is 4.16. The van der Waals surface area contributed by atoms with Crippen molar-refractivity contribution in [3.63, 3.8) is 0 Å². The monoisotopic (exact) mass is 268 g/mol. The molecule has 0 radical (unpaired) electrons. The van der Waals surface area contributed by atoms with Gasteiger partial charge in [-0.2, -0.15) is 0 Å². The van der Waals surface area contributed by atoms with Gasteiger partial charge >= 0.3 is 0 Å². The molecular weight excluding hydrogens is 248 g/mol. The van der Waals surface area contributed by atoms with Crippen LogP contribution < -0.4 is 11.3 Å². The number of aliphatic hydroxyl groups excluding tert-OH is 1. The van der Waals surface area contributed by atoms with Crippen LogP contribution in [0, 0.1) is 6.92 Å². The zero-order valence-electron chi connectivity index (χ0n) is 11.4. The SMILES string of the molecule is COCC(O)CN(C)C(=O)c1cnc(C)cc1NN. The second-order valence-corrected chi connectivity index (χ2v) is 4.31. The number of hydrogen-bond donors (Lipinski definition) is 3. The smallest absolute Gasteiger partial charge is 0.257 e. The minimum absolute atomic E-state index is 0.171. The standard InChI is InChI=1S/C12H20N4O3/c1-8-4-11(15-13)10(5-14-8)12(18)16(2)6-9(17)7-19-3/h4-5,9,17H,6-7,13H2,1-3H3,(H,14,15). The Labute approximate surface area is 112 Å². The fourth-order valence-corrected chi connectivity index (χ4v) is 1.70. The van der Waals surface area contributed by atoms with Gasteiger partial charge in [-0.25, -0.2) is 0 Å². The number of hydrogen-bond acceptors (Lipinski definition) is 6. The molecule has 7 heteroatoms. The number of nitrogens with zero attached hydrogens (tertiary/aromatic N) is 2. The lowest BCUT2D eigenvalue weighted by atomic mass is 10.2. The first-order valence-electron chi connectivity index (χ1n) is 5.85. The van der Waals surface area contributed by atoms with E-state index in [1.165, 1.54) is 18.2 Å². The second-order valence-electron chi connectivity index (χ2n) is 4.31. The Morgan fingerprint density at radius 1 is 1.68 bits per heavy atom. The highest BCUT2D eigenvalue weighted by Gasteiger charge is 2.18. The second kappa shape index (κ2) is 7.03. The van der Waals surface area contributed by atoms with Crippen molar-refractivity contribution in [3.8, 4) is 0 Å². The van der Waals surface area contributed by atoms with Crippen LogP contribution in [0.1, 0.15) is 16.1 Å². The molecule has 0 spiro atoms. The maximum absolute atomic E-state index is 12.2. The Balaban J connectivity index is 2.82. The molecule has 0 bridgehead atoms. The van der Waals surface area contributed by atoms with Gasteiger partial charge in [-0.3, -0.25) is 15.6 Å². The molecule has 0 fully saturated rings. The van der Waals surface area contributed by atoms with Crippen LogP contribution in [-0.2, 0) is 4.74 Å². The normalized spacial score (nSPS) is 12.1. The first-order chi connectivity index (χ1) is 8.99. The first kappa shape index (κ1) is 15.4. The summed E-state index contributed by atoms with van der Waals surface area (Å²) < 4.78 is 4.82. The van der Waals surface area contributed by atoms with E-state index in [0.717, 1.165) is 5.69 Å². The predicted molar refractivity (Wildman–Crippen MR) is 71.6 cm³/mol. The summed E-state index contributed by atoms with van der Waals surface area (Å²) in [6.45, 7) is 2.15. The average Bonchev–Trinajstić information content (AvgIpc) is 2.37. The number of nitrogens with one attached hydrogen (secondary N) is 1. The van der Waals surface area contributed by atoms with Crippen LogP contribution in [0.4, 0.5) is 5.69 Å². The van der Waals surface area contributed by atoms with E-state index >= 15 is 0 Å². The summed E-state index contributed by atoms with van der Waals surface area (Å²) in [5.74, 6) is 5.12. The lowest BCUT2D eigenvalue weighted by Crippen LogP contribution is -2.36. The van der Waals surface area contributed by atoms with Gasteiger partial charge in [0.2, 0.25) is 0 Å². The molecule has 1 aromatic rings. The molecule has 0 saturated heterocycles. The van der Waals surface area contributed by atoms with E-state index in [0.29, 0.717) is 11.3 Å². The van der Waals surface area contributed by atoms with Gasteiger partial charge in [-0.15, -0.1) is 0 Å². The number of rotatable bonds is 6. The number of likely N-dealkylation sites (N-methyl/N-ethyl adjacent to an activating group) is 1. The van der Waals surface area contributed by atoms with E-state index in [-0.39, 0.29) is 19.1 Å². The van der Waals surface area contributed by atoms with Gasteiger partial charge < -0.3 is 20.2 Å². The van der Waals surface area contributed by atoms with E-state index in [1.54, 1.807) is 20.0 Å². The van der Waals surface area contributed by atoms with Crippen molar-refractivity contribution in [3.05, 3.63) is 23.5 Å². The predicted octanol–water partition coefficient (Wildman–Crippen LogP) is -0.245. The van der Waals surface area contributed by atoms with Gasteiger partial charge in [0.1, 0.15) is 0 Å². The van der Waals surface area contributed by atoms with Crippen LogP contribution >= 0.6 is 0 Å². The molecule has 0 aliphatic heterocycles. The Hall–Kier alpha value is -1.70. The fourth-order valence-electron chi connectivity index (χ4n) is 1.70. The summed E-state index contributed by atoms with van der Waals surface area (Å²) in [5.41, 5.74) is 4.10. The number of carbonyl (C=O) groups excluding carboxylic acids is 1. The molecule has 0 aromatic carbocycles. The number of ether oxygens (including phenoxy) is 1. The van der Waals surface area contributed by atoms with Crippen LogP contribution in [0.15, 0.2) is 12.3 Å². The molecule has 0 saturated carbocycles. The van der Waals surface area contributed by atoms with E-state index in [4.69, 9.17) is 10.6 Å². The Bertz CT molecular complexity index is 439. The van der Waals surface area contributed by atoms with Gasteiger partial charge in [0, 0.05) is 32.6 Å². The summed E-state index contributed by atoms with van der Waals surface area (Å²) in [6, 6.07) is 1.69. The number of hydrazine groups is 1. The lowest BCUT2D eigenvalue weighted by Gasteiger charge is -2.21. The lowest BCUT2D eigenvalue weighted by molar-refractivity contribution is 0.0380. The number of carbonyl (C=O) groups is 1. The zero-order valence-corrected chi connectivity index (χ0v) is 11.4. The number of aromatic nitrogens is 1. The molecule has 1 unspecified atom stereocenters. The quantitative estimate of drug-likeness (QED) is 0.486. The summed E-state index contributed by atoms with van der Waals surface area (Å²) in [5, 5.41) is 9.61. The van der Waals surface area contributed by atoms with Crippen molar-refractivity contribution < 1.29 is 14.6 Å². The highest BCUT2D eigenvalue weighted by Crippen LogP contribution is 2.16. The van der Waals surface area contributed by atoms with Crippen molar-refractivity contribution in [1.82, 2.24) is 9.88 Å². The van der Waals surface area contributed by atoms with E-state index < -0.39 is 6.10 Å². The molecule has 7 nitrogen and oxygen atoms in total. The van der Waals surface area contributed by atoms with Gasteiger partial charge in [0.05, 0.1) is 24.0 Å². The Morgan fingerprint density at radius 2 is 2.37 bits per heavy atom. The highest BCUT2D eigenvalue weighted by molar-refractivity contribution is 5.99. The van der Waals surface area contributed by atoms with Gasteiger partial charge in [0.25, 0.3) is 5.91 Å². The topological polar surface area (TPSA) is 101 Å². The number of aryl methyl sites for hydroxylation is 1. The number of pyridine rings is 1. The van der Waals surface area contributed by atoms with E-state index in [1.807, 2.05) is 0 Å². The molecular formula is C12H20N4O3. The maximum Gasteiger partial charge on any atom is 0.257 e. The van der Waals surface area contributed by atoms with Gasteiger partial charge in [-0.1, -0.05) is 0 Å². The number of methoxy groups -OCH3 is 1. The molecule has 1 aromatic heterocycles. The molecule has 106 valence electrons. The minimum atomic E-state index is -0.730. The van der Waals surface area contributed by atoms with Crippen molar-refractivity contribution in [2.75, 3.05) is 32.7 Å². The fraction of sp³-hybridized carbons (Fsp3) is 0.500. The van der Waals surface area contributed by atoms with E-state index in [2.05, 4.69) is 10.4 Å². The Morgan fingerprint density at radius 3 is 2.95 bits per heavy atom. The maximum atomic E-state index is 12.2. The van der Waals surface area contributed by atoms with Gasteiger partial charge in [-0.05, 0) is 13.0 Å².